The second-order valence-electron chi connectivity index (χ2n) is 5.55. The SMILES string of the molecule is C=CCOc1cc2ncnc(Nc3cccc(C(F)(F)F)c3)c2cc1OC. The van der Waals surface area contributed by atoms with E-state index in [1.54, 1.807) is 18.2 Å². The van der Waals surface area contributed by atoms with Gasteiger partial charge in [-0.1, -0.05) is 18.7 Å². The number of methoxy groups -OCH3 is 1. The molecule has 140 valence electrons. The van der Waals surface area contributed by atoms with Gasteiger partial charge in [-0.3, -0.25) is 0 Å². The first-order valence-electron chi connectivity index (χ1n) is 7.93. The van der Waals surface area contributed by atoms with E-state index in [1.807, 2.05) is 0 Å². The number of nitrogens with one attached hydrogen (secondary N) is 1. The number of halogens is 3. The van der Waals surface area contributed by atoms with E-state index in [9.17, 15) is 13.2 Å². The molecule has 8 heteroatoms. The standard InChI is InChI=1S/C19H16F3N3O2/c1-3-7-27-17-10-15-14(9-16(17)26-2)18(24-11-23-15)25-13-6-4-5-12(8-13)19(20,21)22/h3-6,8-11H,1,7H2,2H3,(H,23,24,25). The highest BCUT2D eigenvalue weighted by Crippen LogP contribution is 2.35. The molecule has 3 rings (SSSR count). The van der Waals surface area contributed by atoms with Crippen LogP contribution in [0.5, 0.6) is 11.5 Å². The largest absolute Gasteiger partial charge is 0.493 e. The summed E-state index contributed by atoms with van der Waals surface area (Å²) in [5, 5.41) is 3.49. The topological polar surface area (TPSA) is 56.3 Å². The van der Waals surface area contributed by atoms with Gasteiger partial charge in [-0.15, -0.1) is 0 Å². The summed E-state index contributed by atoms with van der Waals surface area (Å²) in [5.41, 5.74) is 0.0682. The molecule has 0 saturated heterocycles. The number of fused-ring (bicyclic) bond motifs is 1. The van der Waals surface area contributed by atoms with Gasteiger partial charge in [0.2, 0.25) is 0 Å². The molecule has 1 N–H and O–H groups in total. The van der Waals surface area contributed by atoms with Crippen LogP contribution in [-0.2, 0) is 6.18 Å². The van der Waals surface area contributed by atoms with Gasteiger partial charge in [-0.2, -0.15) is 13.2 Å². The molecule has 27 heavy (non-hydrogen) atoms. The van der Waals surface area contributed by atoms with E-state index in [4.69, 9.17) is 9.47 Å². The molecule has 0 atom stereocenters. The molecule has 2 aromatic carbocycles. The molecule has 0 unspecified atom stereocenters. The number of alkyl halides is 3. The maximum atomic E-state index is 12.9. The van der Waals surface area contributed by atoms with Crippen molar-refractivity contribution < 1.29 is 22.6 Å². The fraction of sp³-hybridized carbons (Fsp3) is 0.158. The molecule has 0 aliphatic rings. The molecule has 0 aliphatic heterocycles. The van der Waals surface area contributed by atoms with E-state index < -0.39 is 11.7 Å². The first kappa shape index (κ1) is 18.5. The number of rotatable bonds is 6. The van der Waals surface area contributed by atoms with Crippen molar-refractivity contribution in [1.82, 2.24) is 9.97 Å². The van der Waals surface area contributed by atoms with E-state index in [-0.39, 0.29) is 5.69 Å². The highest BCUT2D eigenvalue weighted by Gasteiger charge is 2.30. The van der Waals surface area contributed by atoms with Crippen molar-refractivity contribution in [2.75, 3.05) is 19.0 Å². The minimum Gasteiger partial charge on any atom is -0.493 e. The van der Waals surface area contributed by atoms with Crippen LogP contribution in [0, 0.1) is 0 Å². The van der Waals surface area contributed by atoms with Gasteiger partial charge >= 0.3 is 6.18 Å². The third kappa shape index (κ3) is 4.11. The lowest BCUT2D eigenvalue weighted by molar-refractivity contribution is -0.137. The molecule has 0 fully saturated rings. The van der Waals surface area contributed by atoms with Gasteiger partial charge in [-0.25, -0.2) is 9.97 Å². The van der Waals surface area contributed by atoms with E-state index in [0.717, 1.165) is 12.1 Å². The van der Waals surface area contributed by atoms with Crippen LogP contribution in [0.1, 0.15) is 5.56 Å². The lowest BCUT2D eigenvalue weighted by atomic mass is 10.1. The van der Waals surface area contributed by atoms with Crippen molar-refractivity contribution in [3.63, 3.8) is 0 Å². The Labute approximate surface area is 153 Å². The quantitative estimate of drug-likeness (QED) is 0.617. The molecule has 0 saturated carbocycles. The Balaban J connectivity index is 2.01. The molecule has 0 aliphatic carbocycles. The van der Waals surface area contributed by atoms with Crippen molar-refractivity contribution in [2.24, 2.45) is 0 Å². The van der Waals surface area contributed by atoms with Crippen LogP contribution in [0.4, 0.5) is 24.7 Å². The summed E-state index contributed by atoms with van der Waals surface area (Å²) in [4.78, 5) is 8.34. The zero-order valence-electron chi connectivity index (χ0n) is 14.4. The summed E-state index contributed by atoms with van der Waals surface area (Å²) >= 11 is 0. The van der Waals surface area contributed by atoms with Gasteiger partial charge in [-0.05, 0) is 24.3 Å². The van der Waals surface area contributed by atoms with Crippen molar-refractivity contribution in [3.8, 4) is 11.5 Å². The molecule has 5 nitrogen and oxygen atoms in total. The van der Waals surface area contributed by atoms with Gasteiger partial charge in [0.15, 0.2) is 11.5 Å². The lowest BCUT2D eigenvalue weighted by Gasteiger charge is -2.14. The predicted molar refractivity (Wildman–Crippen MR) is 96.5 cm³/mol. The lowest BCUT2D eigenvalue weighted by Crippen LogP contribution is -2.05. The van der Waals surface area contributed by atoms with E-state index in [0.29, 0.717) is 34.8 Å². The molecule has 0 amide bonds. The van der Waals surface area contributed by atoms with Crippen LogP contribution >= 0.6 is 0 Å². The second-order valence-corrected chi connectivity index (χ2v) is 5.55. The fourth-order valence-electron chi connectivity index (χ4n) is 2.49. The van der Waals surface area contributed by atoms with Crippen molar-refractivity contribution in [1.29, 1.82) is 0 Å². The van der Waals surface area contributed by atoms with Gasteiger partial charge in [0.25, 0.3) is 0 Å². The average molecular weight is 375 g/mol. The van der Waals surface area contributed by atoms with Crippen LogP contribution in [0.2, 0.25) is 0 Å². The van der Waals surface area contributed by atoms with Crippen LogP contribution in [0.3, 0.4) is 0 Å². The number of hydrogen-bond acceptors (Lipinski definition) is 5. The molecular weight excluding hydrogens is 359 g/mol. The Morgan fingerprint density at radius 2 is 1.96 bits per heavy atom. The summed E-state index contributed by atoms with van der Waals surface area (Å²) in [7, 11) is 1.49. The summed E-state index contributed by atoms with van der Waals surface area (Å²) < 4.78 is 49.6. The molecular formula is C19H16F3N3O2. The number of hydrogen-bond donors (Lipinski definition) is 1. The van der Waals surface area contributed by atoms with Crippen LogP contribution in [0.25, 0.3) is 10.9 Å². The Hall–Kier alpha value is -3.29. The van der Waals surface area contributed by atoms with Crippen LogP contribution in [0.15, 0.2) is 55.4 Å². The van der Waals surface area contributed by atoms with Gasteiger partial charge in [0.05, 0.1) is 18.2 Å². The van der Waals surface area contributed by atoms with Crippen LogP contribution < -0.4 is 14.8 Å². The molecule has 3 aromatic rings. The minimum atomic E-state index is -4.42. The van der Waals surface area contributed by atoms with Crippen molar-refractivity contribution >= 4 is 22.4 Å². The zero-order valence-corrected chi connectivity index (χ0v) is 14.4. The average Bonchev–Trinajstić information content (AvgIpc) is 2.65. The van der Waals surface area contributed by atoms with Gasteiger partial charge in [0.1, 0.15) is 18.8 Å². The predicted octanol–water partition coefficient (Wildman–Crippen LogP) is 4.97. The Bertz CT molecular complexity index is 974. The molecule has 0 radical (unpaired) electrons. The van der Waals surface area contributed by atoms with Crippen molar-refractivity contribution in [3.05, 3.63) is 60.9 Å². The molecule has 0 bridgehead atoms. The number of nitrogens with zero attached hydrogens (tertiary/aromatic N) is 2. The summed E-state index contributed by atoms with van der Waals surface area (Å²) in [6.07, 6.45) is -1.50. The summed E-state index contributed by atoms with van der Waals surface area (Å²) in [5.74, 6) is 1.28. The second kappa shape index (κ2) is 7.53. The van der Waals surface area contributed by atoms with Gasteiger partial charge < -0.3 is 14.8 Å². The zero-order chi connectivity index (χ0) is 19.4. The Kier molecular flexibility index (Phi) is 5.16. The molecule has 1 heterocycles. The monoisotopic (exact) mass is 375 g/mol. The third-order valence-corrected chi connectivity index (χ3v) is 3.73. The number of benzene rings is 2. The minimum absolute atomic E-state index is 0.260. The van der Waals surface area contributed by atoms with Crippen molar-refractivity contribution in [2.45, 2.75) is 6.18 Å². The highest BCUT2D eigenvalue weighted by molar-refractivity contribution is 5.93. The number of ether oxygens (including phenoxy) is 2. The van der Waals surface area contributed by atoms with E-state index in [2.05, 4.69) is 21.9 Å². The maximum absolute atomic E-state index is 12.9. The molecule has 0 spiro atoms. The first-order valence-corrected chi connectivity index (χ1v) is 7.93. The first-order chi connectivity index (χ1) is 12.9. The van der Waals surface area contributed by atoms with Gasteiger partial charge in [0, 0.05) is 17.1 Å². The number of anilines is 2. The Morgan fingerprint density at radius 1 is 1.15 bits per heavy atom. The highest BCUT2D eigenvalue weighted by atomic mass is 19.4. The maximum Gasteiger partial charge on any atom is 0.416 e. The fourth-order valence-corrected chi connectivity index (χ4v) is 2.49. The summed E-state index contributed by atoms with van der Waals surface area (Å²) in [6, 6.07) is 8.24. The Morgan fingerprint density at radius 3 is 2.67 bits per heavy atom. The third-order valence-electron chi connectivity index (χ3n) is 3.73. The van der Waals surface area contributed by atoms with Crippen LogP contribution in [-0.4, -0.2) is 23.7 Å². The normalized spacial score (nSPS) is 11.3. The van der Waals surface area contributed by atoms with E-state index >= 15 is 0 Å². The number of aromatic nitrogens is 2. The molecule has 1 aromatic heterocycles. The van der Waals surface area contributed by atoms with E-state index in [1.165, 1.54) is 25.6 Å². The summed E-state index contributed by atoms with van der Waals surface area (Å²) in [6.45, 7) is 3.89. The smallest absolute Gasteiger partial charge is 0.416 e.